The molecular formula is C31H46N2O8. The summed E-state index contributed by atoms with van der Waals surface area (Å²) in [6, 6.07) is 6.53. The first-order valence-electron chi connectivity index (χ1n) is 15.4. The lowest BCUT2D eigenvalue weighted by molar-refractivity contribution is -0.172. The second-order valence-electron chi connectivity index (χ2n) is 11.1. The Morgan fingerprint density at radius 2 is 1.73 bits per heavy atom. The highest BCUT2D eigenvalue weighted by molar-refractivity contribution is 5.92. The number of hydrogen-bond donors (Lipinski definition) is 1. The van der Waals surface area contributed by atoms with Crippen molar-refractivity contribution in [1.82, 2.24) is 9.80 Å². The van der Waals surface area contributed by atoms with Gasteiger partial charge in [0.05, 0.1) is 26.4 Å². The molecule has 41 heavy (non-hydrogen) atoms. The molecule has 0 radical (unpaired) electrons. The number of rotatable bonds is 13. The van der Waals surface area contributed by atoms with E-state index in [9.17, 15) is 4.79 Å². The fraction of sp³-hybridized carbons (Fsp3) is 0.710. The summed E-state index contributed by atoms with van der Waals surface area (Å²) in [6.07, 6.45) is 7.96. The van der Waals surface area contributed by atoms with Gasteiger partial charge in [-0.2, -0.15) is 0 Å². The minimum Gasteiger partial charge on any atom is -0.459 e. The van der Waals surface area contributed by atoms with Gasteiger partial charge in [0.2, 0.25) is 13.1 Å². The molecule has 3 atom stereocenters. The van der Waals surface area contributed by atoms with Crippen molar-refractivity contribution >= 4 is 5.91 Å². The highest BCUT2D eigenvalue weighted by Crippen LogP contribution is 2.43. The number of nitrogens with zero attached hydrogens (tertiary/aromatic N) is 2. The van der Waals surface area contributed by atoms with Gasteiger partial charge in [0, 0.05) is 44.2 Å². The molecule has 2 saturated heterocycles. The van der Waals surface area contributed by atoms with Crippen molar-refractivity contribution in [2.75, 3.05) is 72.6 Å². The fourth-order valence-electron chi connectivity index (χ4n) is 6.41. The van der Waals surface area contributed by atoms with E-state index < -0.39 is 6.29 Å². The number of hydrogen-bond acceptors (Lipinski definition) is 9. The van der Waals surface area contributed by atoms with E-state index in [1.54, 1.807) is 0 Å². The molecule has 0 unspecified atom stereocenters. The largest absolute Gasteiger partial charge is 0.459 e. The van der Waals surface area contributed by atoms with Gasteiger partial charge in [0.25, 0.3) is 5.91 Å². The van der Waals surface area contributed by atoms with Crippen molar-refractivity contribution in [1.29, 1.82) is 0 Å². The minimum absolute atomic E-state index is 0.00347. The van der Waals surface area contributed by atoms with Crippen LogP contribution in [0.2, 0.25) is 0 Å². The van der Waals surface area contributed by atoms with Gasteiger partial charge in [0.15, 0.2) is 17.3 Å². The Balaban J connectivity index is 1.30. The van der Waals surface area contributed by atoms with Crippen molar-refractivity contribution in [2.45, 2.75) is 63.7 Å². The molecule has 10 nitrogen and oxygen atoms in total. The zero-order valence-electron chi connectivity index (χ0n) is 24.3. The van der Waals surface area contributed by atoms with Gasteiger partial charge < -0.3 is 43.3 Å². The van der Waals surface area contributed by atoms with Crippen LogP contribution < -0.4 is 9.47 Å². The Morgan fingerprint density at radius 1 is 0.976 bits per heavy atom. The Hall–Kier alpha value is -2.37. The number of fused-ring (bicyclic) bond motifs is 1. The van der Waals surface area contributed by atoms with Crippen LogP contribution in [0.4, 0.5) is 0 Å². The summed E-state index contributed by atoms with van der Waals surface area (Å²) < 4.78 is 34.8. The summed E-state index contributed by atoms with van der Waals surface area (Å²) in [5, 5.41) is 8.88. The standard InChI is InChI=1S/C31H46N2O8/c1-2-38-31-25(10-16-36-18-19-37-17-15-34)26(23-6-7-27-28(20-23)40-22-39-27)21-29(41-31)30(35)33-13-8-24(9-14-33)32-11-4-3-5-12-32/h6-7,20-21,24-26,31,34H,2-5,8-19,22H2,1H3/t25-,26+,31+/m1/s1. The van der Waals surface area contributed by atoms with Gasteiger partial charge in [-0.3, -0.25) is 4.79 Å². The van der Waals surface area contributed by atoms with Crippen LogP contribution in [0.3, 0.4) is 0 Å². The Bertz CT molecular complexity index is 1010. The van der Waals surface area contributed by atoms with Gasteiger partial charge in [-0.15, -0.1) is 0 Å². The molecule has 0 spiro atoms. The molecular weight excluding hydrogens is 528 g/mol. The first kappa shape index (κ1) is 30.1. The van der Waals surface area contributed by atoms with E-state index in [1.165, 1.54) is 32.4 Å². The lowest BCUT2D eigenvalue weighted by atomic mass is 9.81. The predicted octanol–water partition coefficient (Wildman–Crippen LogP) is 3.28. The van der Waals surface area contributed by atoms with Gasteiger partial charge in [-0.1, -0.05) is 12.5 Å². The van der Waals surface area contributed by atoms with Crippen LogP contribution >= 0.6 is 0 Å². The van der Waals surface area contributed by atoms with Crippen molar-refractivity contribution < 1.29 is 38.3 Å². The SMILES string of the molecule is CCO[C@H]1OC(C(=O)N2CCC(N3CCCCC3)CC2)=C[C@@H](c2ccc3c(c2)OCO3)[C@H]1CCOCCOCCO. The molecule has 2 fully saturated rings. The van der Waals surface area contributed by atoms with Crippen molar-refractivity contribution in [3.63, 3.8) is 0 Å². The van der Waals surface area contributed by atoms with Crippen LogP contribution in [0.25, 0.3) is 0 Å². The van der Waals surface area contributed by atoms with Crippen LogP contribution in [0.15, 0.2) is 30.0 Å². The third kappa shape index (κ3) is 7.73. The molecule has 1 aromatic rings. The quantitative estimate of drug-likeness (QED) is 0.356. The monoisotopic (exact) mass is 574 g/mol. The lowest BCUT2D eigenvalue weighted by Gasteiger charge is -2.41. The molecule has 10 heteroatoms. The average Bonchev–Trinajstić information content (AvgIpc) is 3.49. The van der Waals surface area contributed by atoms with Crippen LogP contribution in [0.1, 0.15) is 56.9 Å². The number of ether oxygens (including phenoxy) is 6. The number of allylic oxidation sites excluding steroid dienone is 1. The van der Waals surface area contributed by atoms with Crippen molar-refractivity contribution in [2.24, 2.45) is 5.92 Å². The van der Waals surface area contributed by atoms with Crippen LogP contribution in [0, 0.1) is 5.92 Å². The second-order valence-corrected chi connectivity index (χ2v) is 11.1. The van der Waals surface area contributed by atoms with Gasteiger partial charge in [-0.05, 0) is 75.9 Å². The molecule has 228 valence electrons. The molecule has 0 aromatic heterocycles. The normalized spacial score (nSPS) is 25.2. The summed E-state index contributed by atoms with van der Waals surface area (Å²) in [6.45, 7) is 8.11. The molecule has 0 saturated carbocycles. The van der Waals surface area contributed by atoms with E-state index in [4.69, 9.17) is 33.5 Å². The van der Waals surface area contributed by atoms with Crippen LogP contribution in [0.5, 0.6) is 11.5 Å². The maximum Gasteiger partial charge on any atom is 0.288 e. The third-order valence-electron chi connectivity index (χ3n) is 8.57. The maximum absolute atomic E-state index is 13.8. The number of amides is 1. The van der Waals surface area contributed by atoms with E-state index in [0.717, 1.165) is 37.2 Å². The third-order valence-corrected chi connectivity index (χ3v) is 8.57. The molecule has 5 rings (SSSR count). The number of carbonyl (C=O) groups is 1. The molecule has 1 N–H and O–H groups in total. The topological polar surface area (TPSA) is 99.2 Å². The number of benzene rings is 1. The zero-order valence-corrected chi connectivity index (χ0v) is 24.3. The molecule has 0 bridgehead atoms. The first-order valence-corrected chi connectivity index (χ1v) is 15.4. The van der Waals surface area contributed by atoms with Gasteiger partial charge in [-0.25, -0.2) is 0 Å². The van der Waals surface area contributed by atoms with E-state index in [2.05, 4.69) is 4.90 Å². The van der Waals surface area contributed by atoms with Crippen molar-refractivity contribution in [3.8, 4) is 11.5 Å². The summed E-state index contributed by atoms with van der Waals surface area (Å²) in [4.78, 5) is 18.4. The Labute approximate surface area is 243 Å². The van der Waals surface area contributed by atoms with Crippen LogP contribution in [-0.4, -0.2) is 106 Å². The molecule has 4 aliphatic heterocycles. The number of aliphatic hydroxyl groups is 1. The molecule has 1 amide bonds. The van der Waals surface area contributed by atoms with Gasteiger partial charge >= 0.3 is 0 Å². The minimum atomic E-state index is -0.584. The van der Waals surface area contributed by atoms with E-state index in [-0.39, 0.29) is 31.1 Å². The fourth-order valence-corrected chi connectivity index (χ4v) is 6.41. The Morgan fingerprint density at radius 3 is 2.49 bits per heavy atom. The van der Waals surface area contributed by atoms with E-state index >= 15 is 0 Å². The number of carbonyl (C=O) groups excluding carboxylic acids is 1. The lowest BCUT2D eigenvalue weighted by Crippen LogP contribution is -2.49. The maximum atomic E-state index is 13.8. The molecule has 0 aliphatic carbocycles. The predicted molar refractivity (Wildman–Crippen MR) is 152 cm³/mol. The van der Waals surface area contributed by atoms with Gasteiger partial charge in [0.1, 0.15) is 0 Å². The average molecular weight is 575 g/mol. The molecule has 4 aliphatic rings. The van der Waals surface area contributed by atoms with Crippen LogP contribution in [-0.2, 0) is 23.7 Å². The Kier molecular flexibility index (Phi) is 11.2. The zero-order chi connectivity index (χ0) is 28.4. The number of likely N-dealkylation sites (tertiary alicyclic amines) is 2. The number of piperidine rings is 2. The first-order chi connectivity index (χ1) is 20.2. The summed E-state index contributed by atoms with van der Waals surface area (Å²) in [7, 11) is 0. The summed E-state index contributed by atoms with van der Waals surface area (Å²) >= 11 is 0. The van der Waals surface area contributed by atoms with E-state index in [1.807, 2.05) is 36.1 Å². The highest BCUT2D eigenvalue weighted by atomic mass is 16.7. The molecule has 4 heterocycles. The molecule has 1 aromatic carbocycles. The number of aliphatic hydroxyl groups excluding tert-OH is 1. The second kappa shape index (κ2) is 15.2. The summed E-state index contributed by atoms with van der Waals surface area (Å²) in [5.41, 5.74) is 1.02. The highest BCUT2D eigenvalue weighted by Gasteiger charge is 2.40. The van der Waals surface area contributed by atoms with E-state index in [0.29, 0.717) is 57.0 Å². The smallest absolute Gasteiger partial charge is 0.288 e. The summed E-state index contributed by atoms with van der Waals surface area (Å²) in [5.74, 6) is 1.52. The van der Waals surface area contributed by atoms with Crippen molar-refractivity contribution in [3.05, 3.63) is 35.6 Å².